The van der Waals surface area contributed by atoms with Crippen molar-refractivity contribution in [2.24, 2.45) is 0 Å². The van der Waals surface area contributed by atoms with Crippen molar-refractivity contribution >= 4 is 11.1 Å². The molecule has 2 nitrogen and oxygen atoms in total. The first kappa shape index (κ1) is 12.4. The van der Waals surface area contributed by atoms with Crippen molar-refractivity contribution in [3.63, 3.8) is 0 Å². The zero-order chi connectivity index (χ0) is 11.3. The monoisotopic (exact) mass is 226 g/mol. The zero-order valence-corrected chi connectivity index (χ0v) is 10.3. The molecule has 0 fully saturated rings. The highest BCUT2D eigenvalue weighted by Gasteiger charge is 2.10. The Labute approximate surface area is 94.3 Å². The van der Waals surface area contributed by atoms with Gasteiger partial charge in [-0.25, -0.2) is 4.21 Å². The minimum Gasteiger partial charge on any atom is -0.283 e. The summed E-state index contributed by atoms with van der Waals surface area (Å²) in [5, 5.41) is 0. The SMILES string of the molecule is CCC(CC)OS(=O)c1ccc(C)cc1. The molecule has 0 aliphatic rings. The van der Waals surface area contributed by atoms with Gasteiger partial charge in [-0.2, -0.15) is 0 Å². The number of aryl methyl sites for hydroxylation is 1. The molecule has 0 heterocycles. The summed E-state index contributed by atoms with van der Waals surface area (Å²) in [6.07, 6.45) is 1.88. The number of benzene rings is 1. The standard InChI is InChI=1S/C12H18O2S/c1-4-11(5-2)14-15(13)12-8-6-10(3)7-9-12/h6-9,11H,4-5H2,1-3H3. The van der Waals surface area contributed by atoms with Crippen LogP contribution in [0.2, 0.25) is 0 Å². The Morgan fingerprint density at radius 3 is 2.20 bits per heavy atom. The second kappa shape index (κ2) is 6.03. The lowest BCUT2D eigenvalue weighted by Crippen LogP contribution is -2.12. The Morgan fingerprint density at radius 2 is 1.73 bits per heavy atom. The molecule has 0 aliphatic heterocycles. The third kappa shape index (κ3) is 3.76. The molecule has 1 aromatic rings. The van der Waals surface area contributed by atoms with Crippen molar-refractivity contribution < 1.29 is 8.39 Å². The van der Waals surface area contributed by atoms with E-state index in [1.807, 2.05) is 45.0 Å². The summed E-state index contributed by atoms with van der Waals surface area (Å²) in [4.78, 5) is 0.743. The summed E-state index contributed by atoms with van der Waals surface area (Å²) in [6.45, 7) is 6.09. The Kier molecular flexibility index (Phi) is 4.99. The predicted octanol–water partition coefficient (Wildman–Crippen LogP) is 3.22. The molecule has 1 unspecified atom stereocenters. The van der Waals surface area contributed by atoms with Gasteiger partial charge in [-0.05, 0) is 31.9 Å². The summed E-state index contributed by atoms with van der Waals surface area (Å²) in [7, 11) is 0. The Bertz CT molecular complexity index is 315. The molecule has 0 bridgehead atoms. The second-order valence-corrected chi connectivity index (χ2v) is 4.72. The molecule has 0 spiro atoms. The van der Waals surface area contributed by atoms with Crippen LogP contribution in [-0.4, -0.2) is 10.3 Å². The van der Waals surface area contributed by atoms with Gasteiger partial charge in [0.1, 0.15) is 0 Å². The fourth-order valence-corrected chi connectivity index (χ4v) is 2.24. The van der Waals surface area contributed by atoms with Crippen molar-refractivity contribution in [3.05, 3.63) is 29.8 Å². The van der Waals surface area contributed by atoms with Gasteiger partial charge in [0.15, 0.2) is 11.1 Å². The predicted molar refractivity (Wildman–Crippen MR) is 63.0 cm³/mol. The highest BCUT2D eigenvalue weighted by Crippen LogP contribution is 2.13. The fourth-order valence-electron chi connectivity index (χ4n) is 1.25. The molecule has 0 aromatic heterocycles. The van der Waals surface area contributed by atoms with Crippen molar-refractivity contribution in [1.82, 2.24) is 0 Å². The topological polar surface area (TPSA) is 26.3 Å². The van der Waals surface area contributed by atoms with E-state index in [1.165, 1.54) is 5.56 Å². The van der Waals surface area contributed by atoms with E-state index in [4.69, 9.17) is 4.18 Å². The molecule has 0 saturated heterocycles. The van der Waals surface area contributed by atoms with E-state index >= 15 is 0 Å². The summed E-state index contributed by atoms with van der Waals surface area (Å²) >= 11 is -1.32. The lowest BCUT2D eigenvalue weighted by Gasteiger charge is -2.12. The van der Waals surface area contributed by atoms with Crippen LogP contribution in [0.4, 0.5) is 0 Å². The largest absolute Gasteiger partial charge is 0.283 e. The van der Waals surface area contributed by atoms with Crippen LogP contribution in [0, 0.1) is 6.92 Å². The molecule has 1 aromatic carbocycles. The van der Waals surface area contributed by atoms with Gasteiger partial charge in [0, 0.05) is 0 Å². The summed E-state index contributed by atoms with van der Waals surface area (Å²) in [5.74, 6) is 0. The first-order chi connectivity index (χ1) is 7.17. The minimum atomic E-state index is -1.32. The van der Waals surface area contributed by atoms with Gasteiger partial charge >= 0.3 is 0 Å². The second-order valence-electron chi connectivity index (χ2n) is 3.58. The van der Waals surface area contributed by atoms with Gasteiger partial charge in [-0.1, -0.05) is 31.5 Å². The van der Waals surface area contributed by atoms with Gasteiger partial charge in [0.25, 0.3) is 0 Å². The Balaban J connectivity index is 2.64. The van der Waals surface area contributed by atoms with E-state index in [-0.39, 0.29) is 6.10 Å². The first-order valence-electron chi connectivity index (χ1n) is 5.33. The summed E-state index contributed by atoms with van der Waals surface area (Å²) in [6, 6.07) is 7.61. The third-order valence-electron chi connectivity index (χ3n) is 2.35. The lowest BCUT2D eigenvalue weighted by molar-refractivity contribution is 0.216. The van der Waals surface area contributed by atoms with Crippen molar-refractivity contribution in [2.45, 2.75) is 44.6 Å². The van der Waals surface area contributed by atoms with E-state index in [0.29, 0.717) is 0 Å². The van der Waals surface area contributed by atoms with Gasteiger partial charge in [-0.15, -0.1) is 0 Å². The van der Waals surface area contributed by atoms with E-state index in [1.54, 1.807) is 0 Å². The molecular formula is C12H18O2S. The average molecular weight is 226 g/mol. The molecule has 0 N–H and O–H groups in total. The summed E-state index contributed by atoms with van der Waals surface area (Å²) < 4.78 is 17.2. The summed E-state index contributed by atoms with van der Waals surface area (Å²) in [5.41, 5.74) is 1.17. The van der Waals surface area contributed by atoms with Crippen LogP contribution in [0.3, 0.4) is 0 Å². The van der Waals surface area contributed by atoms with Crippen LogP contribution in [-0.2, 0) is 15.3 Å². The minimum absolute atomic E-state index is 0.0899. The maximum atomic E-state index is 11.8. The quantitative estimate of drug-likeness (QED) is 0.770. The van der Waals surface area contributed by atoms with Crippen molar-refractivity contribution in [1.29, 1.82) is 0 Å². The molecule has 3 heteroatoms. The fraction of sp³-hybridized carbons (Fsp3) is 0.500. The van der Waals surface area contributed by atoms with Crippen molar-refractivity contribution in [3.8, 4) is 0 Å². The molecule has 0 radical (unpaired) electrons. The van der Waals surface area contributed by atoms with E-state index in [0.717, 1.165) is 17.7 Å². The zero-order valence-electron chi connectivity index (χ0n) is 9.53. The van der Waals surface area contributed by atoms with Crippen LogP contribution in [0.25, 0.3) is 0 Å². The molecule has 1 atom stereocenters. The molecule has 0 amide bonds. The molecule has 84 valence electrons. The maximum absolute atomic E-state index is 11.8. The van der Waals surface area contributed by atoms with Crippen LogP contribution < -0.4 is 0 Å². The highest BCUT2D eigenvalue weighted by atomic mass is 32.2. The van der Waals surface area contributed by atoms with Gasteiger partial charge in [0.05, 0.1) is 11.0 Å². The molecular weight excluding hydrogens is 208 g/mol. The van der Waals surface area contributed by atoms with Gasteiger partial charge in [0.2, 0.25) is 0 Å². The lowest BCUT2D eigenvalue weighted by atomic mass is 10.2. The Hall–Kier alpha value is -0.670. The van der Waals surface area contributed by atoms with Crippen LogP contribution in [0.5, 0.6) is 0 Å². The normalized spacial score (nSPS) is 13.1. The highest BCUT2D eigenvalue weighted by molar-refractivity contribution is 7.80. The number of hydrogen-bond donors (Lipinski definition) is 0. The van der Waals surface area contributed by atoms with Gasteiger partial charge in [-0.3, -0.25) is 4.18 Å². The van der Waals surface area contributed by atoms with E-state index < -0.39 is 11.1 Å². The number of rotatable bonds is 5. The third-order valence-corrected chi connectivity index (χ3v) is 3.45. The maximum Gasteiger partial charge on any atom is 0.189 e. The van der Waals surface area contributed by atoms with Crippen molar-refractivity contribution in [2.75, 3.05) is 0 Å². The number of hydrogen-bond acceptors (Lipinski definition) is 2. The molecule has 0 aliphatic carbocycles. The van der Waals surface area contributed by atoms with E-state index in [9.17, 15) is 4.21 Å². The van der Waals surface area contributed by atoms with E-state index in [2.05, 4.69) is 0 Å². The van der Waals surface area contributed by atoms with Crippen LogP contribution in [0.15, 0.2) is 29.2 Å². The van der Waals surface area contributed by atoms with Crippen LogP contribution in [0.1, 0.15) is 32.3 Å². The molecule has 15 heavy (non-hydrogen) atoms. The molecule has 0 saturated carbocycles. The first-order valence-corrected chi connectivity index (χ1v) is 6.40. The molecule has 1 rings (SSSR count). The van der Waals surface area contributed by atoms with Crippen LogP contribution >= 0.6 is 0 Å². The Morgan fingerprint density at radius 1 is 1.20 bits per heavy atom. The average Bonchev–Trinajstić information content (AvgIpc) is 2.26. The smallest absolute Gasteiger partial charge is 0.189 e. The van der Waals surface area contributed by atoms with Gasteiger partial charge < -0.3 is 0 Å².